The Morgan fingerprint density at radius 3 is 1.81 bits per heavy atom. The number of rotatable bonds is 4. The van der Waals surface area contributed by atoms with Gasteiger partial charge in [-0.1, -0.05) is 129 Å². The minimum Gasteiger partial charge on any atom is -0.455 e. The third-order valence-electron chi connectivity index (χ3n) is 10.5. The van der Waals surface area contributed by atoms with Crippen molar-refractivity contribution in [3.63, 3.8) is 0 Å². The molecule has 2 aromatic heterocycles. The number of halogens is 1. The van der Waals surface area contributed by atoms with Gasteiger partial charge in [0.15, 0.2) is 0 Å². The third-order valence-corrected chi connectivity index (χ3v) is 10.8. The summed E-state index contributed by atoms with van der Waals surface area (Å²) in [6.45, 7) is 20.4. The molecule has 1 N–H and O–H groups in total. The zero-order valence-electron chi connectivity index (χ0n) is 31.7. The van der Waals surface area contributed by atoms with E-state index in [4.69, 9.17) is 16.0 Å². The molecule has 3 nitrogen and oxygen atoms in total. The van der Waals surface area contributed by atoms with Crippen LogP contribution < -0.4 is 5.32 Å². The van der Waals surface area contributed by atoms with Gasteiger partial charge < -0.3 is 14.3 Å². The fourth-order valence-corrected chi connectivity index (χ4v) is 7.69. The maximum Gasteiger partial charge on any atom is 0.144 e. The average molecular weight is 703 g/mol. The maximum absolute atomic E-state index is 6.88. The molecule has 0 atom stereocenters. The van der Waals surface area contributed by atoms with E-state index in [9.17, 15) is 0 Å². The lowest BCUT2D eigenvalue weighted by Crippen LogP contribution is -2.11. The molecule has 0 saturated heterocycles. The predicted molar refractivity (Wildman–Crippen MR) is 224 cm³/mol. The first-order valence-corrected chi connectivity index (χ1v) is 18.7. The number of aromatic nitrogens is 1. The van der Waals surface area contributed by atoms with Gasteiger partial charge >= 0.3 is 0 Å². The summed E-state index contributed by atoms with van der Waals surface area (Å²) in [5.41, 5.74) is 13.1. The van der Waals surface area contributed by atoms with Crippen molar-refractivity contribution in [2.24, 2.45) is 0 Å². The number of hydrogen-bond donors (Lipinski definition) is 1. The molecule has 8 rings (SSSR count). The molecule has 0 saturated carbocycles. The van der Waals surface area contributed by atoms with Crippen LogP contribution in [0, 0.1) is 0 Å². The van der Waals surface area contributed by atoms with Gasteiger partial charge in [-0.3, -0.25) is 0 Å². The van der Waals surface area contributed by atoms with Gasteiger partial charge in [-0.2, -0.15) is 0 Å². The average Bonchev–Trinajstić information content (AvgIpc) is 3.63. The van der Waals surface area contributed by atoms with Crippen LogP contribution in [0.1, 0.15) is 79.0 Å². The first kappa shape index (κ1) is 34.1. The Kier molecular flexibility index (Phi) is 7.89. The van der Waals surface area contributed by atoms with E-state index in [1.807, 2.05) is 12.1 Å². The summed E-state index contributed by atoms with van der Waals surface area (Å²) < 4.78 is 9.31. The zero-order chi connectivity index (χ0) is 36.7. The normalized spacial score (nSPS) is 12.8. The number of furan rings is 1. The van der Waals surface area contributed by atoms with Crippen molar-refractivity contribution in [3.8, 4) is 16.8 Å². The third kappa shape index (κ3) is 5.86. The van der Waals surface area contributed by atoms with Gasteiger partial charge in [0.05, 0.1) is 11.0 Å². The second-order valence-corrected chi connectivity index (χ2v) is 17.8. The van der Waals surface area contributed by atoms with Crippen molar-refractivity contribution in [1.82, 2.24) is 4.57 Å². The van der Waals surface area contributed by atoms with Crippen LogP contribution in [0.4, 0.5) is 11.4 Å². The first-order chi connectivity index (χ1) is 24.6. The van der Waals surface area contributed by atoms with Crippen LogP contribution >= 0.6 is 11.6 Å². The molecule has 0 bridgehead atoms. The minimum absolute atomic E-state index is 0.0105. The van der Waals surface area contributed by atoms with Crippen LogP contribution in [-0.4, -0.2) is 4.57 Å². The largest absolute Gasteiger partial charge is 0.455 e. The zero-order valence-corrected chi connectivity index (χ0v) is 32.5. The van der Waals surface area contributed by atoms with E-state index in [1.54, 1.807) is 0 Å². The van der Waals surface area contributed by atoms with Gasteiger partial charge in [0.25, 0.3) is 0 Å². The Morgan fingerprint density at radius 1 is 0.538 bits per heavy atom. The van der Waals surface area contributed by atoms with Gasteiger partial charge in [0.2, 0.25) is 0 Å². The van der Waals surface area contributed by atoms with Gasteiger partial charge in [0, 0.05) is 54.8 Å². The Bertz CT molecular complexity index is 2630. The second kappa shape index (κ2) is 12.0. The van der Waals surface area contributed by atoms with Crippen LogP contribution in [0.3, 0.4) is 0 Å². The molecule has 4 heteroatoms. The van der Waals surface area contributed by atoms with Crippen molar-refractivity contribution < 1.29 is 4.42 Å². The van der Waals surface area contributed by atoms with E-state index in [2.05, 4.69) is 175 Å². The Labute approximate surface area is 312 Å². The summed E-state index contributed by atoms with van der Waals surface area (Å²) in [5.74, 6) is 0. The van der Waals surface area contributed by atoms with Crippen LogP contribution in [0.25, 0.3) is 60.6 Å². The molecule has 0 aliphatic carbocycles. The van der Waals surface area contributed by atoms with Crippen LogP contribution in [0.15, 0.2) is 120 Å². The van der Waals surface area contributed by atoms with Crippen molar-refractivity contribution in [2.75, 3.05) is 5.32 Å². The number of fused-ring (bicyclic) bond motifs is 7. The number of nitrogens with one attached hydrogen (secondary N) is 1. The molecular formula is C48H47ClN2O. The smallest absolute Gasteiger partial charge is 0.144 e. The number of nitrogens with zero attached hydrogens (tertiary/aromatic N) is 1. The van der Waals surface area contributed by atoms with E-state index in [1.165, 1.54) is 33.0 Å². The van der Waals surface area contributed by atoms with Crippen molar-refractivity contribution in [2.45, 2.75) is 78.6 Å². The lowest BCUT2D eigenvalue weighted by atomic mass is 9.86. The van der Waals surface area contributed by atoms with Gasteiger partial charge in [-0.15, -0.1) is 0 Å². The molecular weight excluding hydrogens is 656 g/mol. The van der Waals surface area contributed by atoms with Gasteiger partial charge in [-0.25, -0.2) is 0 Å². The summed E-state index contributed by atoms with van der Waals surface area (Å²) in [6.07, 6.45) is 0. The molecule has 262 valence electrons. The fraction of sp³-hybridized carbons (Fsp3) is 0.250. The number of anilines is 2. The lowest BCUT2D eigenvalue weighted by Gasteiger charge is -2.20. The van der Waals surface area contributed by atoms with Crippen LogP contribution in [0.2, 0.25) is 5.02 Å². The van der Waals surface area contributed by atoms with E-state index in [0.717, 1.165) is 55.6 Å². The molecule has 0 fully saturated rings. The topological polar surface area (TPSA) is 30.1 Å². The summed E-state index contributed by atoms with van der Waals surface area (Å²) >= 11 is 6.72. The summed E-state index contributed by atoms with van der Waals surface area (Å²) in [7, 11) is 0. The highest BCUT2D eigenvalue weighted by Gasteiger charge is 2.25. The molecule has 0 aliphatic rings. The molecule has 8 aromatic rings. The van der Waals surface area contributed by atoms with Crippen LogP contribution in [0.5, 0.6) is 0 Å². The first-order valence-electron chi connectivity index (χ1n) is 18.3. The van der Waals surface area contributed by atoms with Crippen molar-refractivity contribution >= 4 is 66.7 Å². The SMILES string of the molecule is CC(C)(C)c1ccc(Nc2cc(Cl)ccc2-c2cc3c(c4cc(C(C)(C)C)ccc4n3-c3ccc(C(C)(C)C)cc3)c3c2oc2ccccc23)cc1. The summed E-state index contributed by atoms with van der Waals surface area (Å²) in [4.78, 5) is 0. The molecule has 52 heavy (non-hydrogen) atoms. The van der Waals surface area contributed by atoms with Crippen molar-refractivity contribution in [3.05, 3.63) is 137 Å². The lowest BCUT2D eigenvalue weighted by molar-refractivity contribution is 0.590. The molecule has 6 aromatic carbocycles. The second-order valence-electron chi connectivity index (χ2n) is 17.4. The maximum atomic E-state index is 6.88. The molecule has 2 heterocycles. The standard InChI is InChI=1S/C48H47ClN2O/c1-46(2,3)29-14-20-33(21-15-29)50-39-27-32(49)19-24-35(39)37-28-41-43(44-36-12-10-11-13-42(36)52-45(37)44)38-26-31(48(7,8)9)18-25-40(38)51(41)34-22-16-30(17-23-34)47(4,5)6/h10-28,50H,1-9H3. The Hall–Kier alpha value is -4.99. The monoisotopic (exact) mass is 702 g/mol. The van der Waals surface area contributed by atoms with E-state index in [-0.39, 0.29) is 16.2 Å². The van der Waals surface area contributed by atoms with E-state index >= 15 is 0 Å². The predicted octanol–water partition coefficient (Wildman–Crippen LogP) is 14.6. The Balaban J connectivity index is 1.46. The molecule has 0 aliphatic heterocycles. The molecule has 0 amide bonds. The number of benzene rings is 6. The Morgan fingerprint density at radius 2 is 1.15 bits per heavy atom. The molecule has 0 spiro atoms. The highest BCUT2D eigenvalue weighted by atomic mass is 35.5. The van der Waals surface area contributed by atoms with Gasteiger partial charge in [-0.05, 0) is 93.6 Å². The summed E-state index contributed by atoms with van der Waals surface area (Å²) in [5, 5.41) is 9.04. The highest BCUT2D eigenvalue weighted by molar-refractivity contribution is 6.32. The summed E-state index contributed by atoms with van der Waals surface area (Å²) in [6, 6.07) is 41.6. The van der Waals surface area contributed by atoms with E-state index in [0.29, 0.717) is 5.02 Å². The van der Waals surface area contributed by atoms with E-state index < -0.39 is 0 Å². The highest BCUT2D eigenvalue weighted by Crippen LogP contribution is 2.48. The number of para-hydroxylation sites is 1. The van der Waals surface area contributed by atoms with Gasteiger partial charge in [0.1, 0.15) is 11.2 Å². The van der Waals surface area contributed by atoms with Crippen LogP contribution in [-0.2, 0) is 16.2 Å². The molecule has 0 unspecified atom stereocenters. The quantitative estimate of drug-likeness (QED) is 0.198. The molecule has 0 radical (unpaired) electrons. The fourth-order valence-electron chi connectivity index (χ4n) is 7.51. The number of hydrogen-bond acceptors (Lipinski definition) is 2. The minimum atomic E-state index is -0.0105. The van der Waals surface area contributed by atoms with Crippen molar-refractivity contribution in [1.29, 1.82) is 0 Å².